The lowest BCUT2D eigenvalue weighted by Crippen LogP contribution is -2.32. The molecule has 7 nitrogen and oxygen atoms in total. The van der Waals surface area contributed by atoms with Crippen LogP contribution in [0.3, 0.4) is 0 Å². The van der Waals surface area contributed by atoms with E-state index in [1.807, 2.05) is 24.3 Å². The molecule has 0 aliphatic carbocycles. The Hall–Kier alpha value is -2.96. The predicted molar refractivity (Wildman–Crippen MR) is 90.6 cm³/mol. The highest BCUT2D eigenvalue weighted by atomic mass is 16.5. The Morgan fingerprint density at radius 1 is 1.33 bits per heavy atom. The summed E-state index contributed by atoms with van der Waals surface area (Å²) in [4.78, 5) is 32.8. The molecule has 7 heteroatoms. The van der Waals surface area contributed by atoms with Crippen LogP contribution in [-0.2, 0) is 9.59 Å². The Morgan fingerprint density at radius 2 is 2.08 bits per heavy atom. The van der Waals surface area contributed by atoms with Crippen molar-refractivity contribution in [1.29, 1.82) is 0 Å². The number of aliphatic imine (C=N–C) groups is 2. The molecule has 24 heavy (non-hydrogen) atoms. The molecular weight excluding hydrogens is 308 g/mol. The van der Waals surface area contributed by atoms with Gasteiger partial charge in [0.05, 0.1) is 18.5 Å². The molecule has 0 fully saturated rings. The molecule has 0 radical (unpaired) electrons. The van der Waals surface area contributed by atoms with Crippen LogP contribution < -0.4 is 10.5 Å². The van der Waals surface area contributed by atoms with Crippen molar-refractivity contribution in [2.75, 3.05) is 6.61 Å². The number of carbonyl (C=O) groups is 2. The molecule has 0 bridgehead atoms. The van der Waals surface area contributed by atoms with Gasteiger partial charge in [0.25, 0.3) is 5.91 Å². The lowest BCUT2D eigenvalue weighted by atomic mass is 10.1. The molecule has 0 saturated heterocycles. The van der Waals surface area contributed by atoms with Crippen LogP contribution in [0.15, 0.2) is 40.5 Å². The molecule has 2 heterocycles. The third-order valence-corrected chi connectivity index (χ3v) is 3.72. The normalized spacial score (nSPS) is 19.0. The van der Waals surface area contributed by atoms with Gasteiger partial charge in [0.2, 0.25) is 5.91 Å². The monoisotopic (exact) mass is 326 g/mol. The van der Waals surface area contributed by atoms with E-state index >= 15 is 0 Å². The van der Waals surface area contributed by atoms with E-state index in [-0.39, 0.29) is 17.9 Å². The summed E-state index contributed by atoms with van der Waals surface area (Å²) in [5.74, 6) is 0.898. The number of nitrogens with zero attached hydrogens (tertiary/aromatic N) is 3. The highest BCUT2D eigenvalue weighted by Crippen LogP contribution is 2.24. The quantitative estimate of drug-likeness (QED) is 0.799. The summed E-state index contributed by atoms with van der Waals surface area (Å²) in [6.45, 7) is 2.20. The fourth-order valence-electron chi connectivity index (χ4n) is 2.45. The second kappa shape index (κ2) is 6.66. The van der Waals surface area contributed by atoms with Gasteiger partial charge in [-0.3, -0.25) is 24.5 Å². The second-order valence-electron chi connectivity index (χ2n) is 5.59. The summed E-state index contributed by atoms with van der Waals surface area (Å²) in [6.07, 6.45) is 4.20. The molecule has 1 unspecified atom stereocenters. The van der Waals surface area contributed by atoms with Crippen LogP contribution in [-0.4, -0.2) is 41.4 Å². The zero-order chi connectivity index (χ0) is 17.1. The number of benzene rings is 1. The van der Waals surface area contributed by atoms with Gasteiger partial charge in [-0.15, -0.1) is 0 Å². The Kier molecular flexibility index (Phi) is 4.41. The molecular formula is C17H18N4O3. The summed E-state index contributed by atoms with van der Waals surface area (Å²) in [5, 5.41) is 0. The maximum atomic E-state index is 12.0. The van der Waals surface area contributed by atoms with Gasteiger partial charge >= 0.3 is 0 Å². The zero-order valence-electron chi connectivity index (χ0n) is 13.3. The van der Waals surface area contributed by atoms with Crippen molar-refractivity contribution < 1.29 is 14.3 Å². The fourth-order valence-corrected chi connectivity index (χ4v) is 2.45. The fraction of sp³-hybridized carbons (Fsp3) is 0.294. The van der Waals surface area contributed by atoms with Crippen LogP contribution in [0, 0.1) is 0 Å². The third-order valence-electron chi connectivity index (χ3n) is 3.72. The minimum absolute atomic E-state index is 0.0527. The number of fused-ring (bicyclic) bond motifs is 1. The summed E-state index contributed by atoms with van der Waals surface area (Å²) in [6, 6.07) is 7.04. The minimum atomic E-state index is -0.363. The molecule has 1 aromatic rings. The highest BCUT2D eigenvalue weighted by Gasteiger charge is 2.31. The van der Waals surface area contributed by atoms with E-state index in [2.05, 4.69) is 9.98 Å². The Bertz CT molecular complexity index is 750. The van der Waals surface area contributed by atoms with Gasteiger partial charge in [0, 0.05) is 18.2 Å². The van der Waals surface area contributed by atoms with Crippen LogP contribution in [0.4, 0.5) is 0 Å². The Balaban J connectivity index is 1.64. The first-order chi connectivity index (χ1) is 11.5. The number of amidine groups is 1. The van der Waals surface area contributed by atoms with Crippen molar-refractivity contribution in [2.45, 2.75) is 25.8 Å². The number of carbonyl (C=O) groups excluding carboxylic acids is 2. The largest absolute Gasteiger partial charge is 0.494 e. The SMILES string of the molecule is CC1N=C2C=NC(c3ccc(OCCCC(N)=O)cc3)=CN2C1=O. The van der Waals surface area contributed by atoms with Crippen molar-refractivity contribution in [2.24, 2.45) is 15.7 Å². The van der Waals surface area contributed by atoms with Crippen molar-refractivity contribution in [3.05, 3.63) is 36.0 Å². The number of hydrogen-bond donors (Lipinski definition) is 1. The number of amides is 2. The molecule has 2 aliphatic rings. The van der Waals surface area contributed by atoms with Gasteiger partial charge in [-0.25, -0.2) is 0 Å². The highest BCUT2D eigenvalue weighted by molar-refractivity contribution is 6.37. The van der Waals surface area contributed by atoms with E-state index in [0.29, 0.717) is 36.7 Å². The first kappa shape index (κ1) is 15.9. The number of hydrogen-bond acceptors (Lipinski definition) is 5. The molecule has 2 aliphatic heterocycles. The molecule has 1 atom stereocenters. The van der Waals surface area contributed by atoms with Crippen molar-refractivity contribution in [3.63, 3.8) is 0 Å². The van der Waals surface area contributed by atoms with Gasteiger partial charge in [0.15, 0.2) is 5.84 Å². The topological polar surface area (TPSA) is 97.3 Å². The molecule has 0 spiro atoms. The maximum absolute atomic E-state index is 12.0. The molecule has 2 N–H and O–H groups in total. The molecule has 3 rings (SSSR count). The average molecular weight is 326 g/mol. The van der Waals surface area contributed by atoms with Gasteiger partial charge in [0.1, 0.15) is 11.8 Å². The first-order valence-electron chi connectivity index (χ1n) is 7.73. The Labute approximate surface area is 139 Å². The third kappa shape index (κ3) is 3.34. The summed E-state index contributed by atoms with van der Waals surface area (Å²) < 4.78 is 5.55. The van der Waals surface area contributed by atoms with E-state index in [9.17, 15) is 9.59 Å². The summed E-state index contributed by atoms with van der Waals surface area (Å²) in [7, 11) is 0. The van der Waals surface area contributed by atoms with Crippen LogP contribution in [0.1, 0.15) is 25.3 Å². The average Bonchev–Trinajstić information content (AvgIpc) is 2.86. The lowest BCUT2D eigenvalue weighted by Gasteiger charge is -2.17. The molecule has 1 aromatic carbocycles. The van der Waals surface area contributed by atoms with E-state index in [1.165, 1.54) is 4.90 Å². The predicted octanol–water partition coefficient (Wildman–Crippen LogP) is 1.34. The molecule has 2 amide bonds. The van der Waals surface area contributed by atoms with Crippen LogP contribution in [0.2, 0.25) is 0 Å². The Morgan fingerprint density at radius 3 is 2.79 bits per heavy atom. The lowest BCUT2D eigenvalue weighted by molar-refractivity contribution is -0.125. The van der Waals surface area contributed by atoms with Crippen LogP contribution in [0.5, 0.6) is 5.75 Å². The van der Waals surface area contributed by atoms with E-state index in [1.54, 1.807) is 19.3 Å². The van der Waals surface area contributed by atoms with Crippen molar-refractivity contribution in [1.82, 2.24) is 4.90 Å². The number of rotatable bonds is 6. The summed E-state index contributed by atoms with van der Waals surface area (Å²) in [5.41, 5.74) is 6.65. The standard InChI is InChI=1S/C17H18N4O3/c1-11-17(23)21-10-14(19-9-16(21)20-11)12-4-6-13(7-5-12)24-8-2-3-15(18)22/h4-7,9-11H,2-3,8H2,1H3,(H2,18,22). The van der Waals surface area contributed by atoms with Crippen molar-refractivity contribution in [3.8, 4) is 5.75 Å². The van der Waals surface area contributed by atoms with Gasteiger partial charge in [-0.2, -0.15) is 0 Å². The van der Waals surface area contributed by atoms with Gasteiger partial charge in [-0.1, -0.05) is 0 Å². The van der Waals surface area contributed by atoms with E-state index < -0.39 is 0 Å². The van der Waals surface area contributed by atoms with Crippen LogP contribution in [0.25, 0.3) is 5.70 Å². The van der Waals surface area contributed by atoms with Crippen molar-refractivity contribution >= 4 is 29.6 Å². The smallest absolute Gasteiger partial charge is 0.256 e. The molecule has 0 saturated carbocycles. The van der Waals surface area contributed by atoms with Gasteiger partial charge < -0.3 is 10.5 Å². The number of primary amides is 1. The molecule has 0 aromatic heterocycles. The van der Waals surface area contributed by atoms with E-state index in [0.717, 1.165) is 5.56 Å². The second-order valence-corrected chi connectivity index (χ2v) is 5.59. The van der Waals surface area contributed by atoms with Gasteiger partial charge in [-0.05, 0) is 37.6 Å². The first-order valence-corrected chi connectivity index (χ1v) is 7.73. The minimum Gasteiger partial charge on any atom is -0.494 e. The number of ether oxygens (including phenoxy) is 1. The number of nitrogens with two attached hydrogens (primary N) is 1. The van der Waals surface area contributed by atoms with Crippen LogP contribution >= 0.6 is 0 Å². The summed E-state index contributed by atoms with van der Waals surface area (Å²) >= 11 is 0. The maximum Gasteiger partial charge on any atom is 0.256 e. The molecule has 124 valence electrons. The zero-order valence-corrected chi connectivity index (χ0v) is 13.3. The van der Waals surface area contributed by atoms with E-state index in [4.69, 9.17) is 10.5 Å².